The quantitative estimate of drug-likeness (QED) is 0.388. The third-order valence-corrected chi connectivity index (χ3v) is 10.0. The van der Waals surface area contributed by atoms with E-state index in [1.54, 1.807) is 0 Å². The third kappa shape index (κ3) is 5.36. The zero-order chi connectivity index (χ0) is 26.6. The van der Waals surface area contributed by atoms with Crippen LogP contribution in [0.5, 0.6) is 0 Å². The summed E-state index contributed by atoms with van der Waals surface area (Å²) >= 11 is 0. The molecule has 1 aliphatic heterocycles. The van der Waals surface area contributed by atoms with E-state index in [-0.39, 0.29) is 46.8 Å². The first-order valence-electron chi connectivity index (χ1n) is 14.3. The van der Waals surface area contributed by atoms with Gasteiger partial charge in [-0.05, 0) is 109 Å². The molecule has 0 aromatic carbocycles. The van der Waals surface area contributed by atoms with E-state index in [2.05, 4.69) is 13.8 Å². The molecule has 6 nitrogen and oxygen atoms in total. The van der Waals surface area contributed by atoms with Crippen LogP contribution < -0.4 is 0 Å². The van der Waals surface area contributed by atoms with E-state index in [0.29, 0.717) is 19.3 Å². The molecule has 0 amide bonds. The summed E-state index contributed by atoms with van der Waals surface area (Å²) in [5, 5.41) is 11.5. The van der Waals surface area contributed by atoms with Crippen molar-refractivity contribution in [2.75, 3.05) is 13.2 Å². The number of rotatable bonds is 9. The Morgan fingerprint density at radius 1 is 1.00 bits per heavy atom. The van der Waals surface area contributed by atoms with Gasteiger partial charge in [0.05, 0.1) is 23.0 Å². The molecule has 0 aromatic rings. The molecule has 36 heavy (non-hydrogen) atoms. The lowest BCUT2D eigenvalue weighted by molar-refractivity contribution is -0.273. The number of hydrogen-bond acceptors (Lipinski definition) is 6. The average molecular weight is 507 g/mol. The van der Waals surface area contributed by atoms with E-state index in [0.717, 1.165) is 58.0 Å². The molecular weight excluding hydrogens is 456 g/mol. The van der Waals surface area contributed by atoms with Crippen LogP contribution in [0.15, 0.2) is 0 Å². The zero-order valence-corrected chi connectivity index (χ0v) is 23.8. The molecule has 0 spiro atoms. The van der Waals surface area contributed by atoms with Crippen molar-refractivity contribution in [3.63, 3.8) is 0 Å². The molecule has 206 valence electrons. The van der Waals surface area contributed by atoms with Gasteiger partial charge < -0.3 is 19.3 Å². The number of hydrogen-bond donors (Lipinski definition) is 1. The molecule has 0 aromatic heterocycles. The van der Waals surface area contributed by atoms with Gasteiger partial charge in [0.1, 0.15) is 12.2 Å². The van der Waals surface area contributed by atoms with Crippen molar-refractivity contribution in [3.05, 3.63) is 0 Å². The lowest BCUT2D eigenvalue weighted by Gasteiger charge is -2.70. The van der Waals surface area contributed by atoms with Crippen molar-refractivity contribution in [1.29, 1.82) is 0 Å². The molecule has 5 rings (SSSR count). The molecule has 1 saturated heterocycles. The first-order chi connectivity index (χ1) is 16.5. The van der Waals surface area contributed by atoms with Crippen molar-refractivity contribution < 1.29 is 28.9 Å². The van der Waals surface area contributed by atoms with Crippen molar-refractivity contribution in [2.45, 2.75) is 136 Å². The third-order valence-electron chi connectivity index (χ3n) is 10.0. The molecule has 4 atom stereocenters. The Balaban J connectivity index is 1.41. The fourth-order valence-electron chi connectivity index (χ4n) is 9.11. The van der Waals surface area contributed by atoms with Gasteiger partial charge in [-0.25, -0.2) is 0 Å². The van der Waals surface area contributed by atoms with E-state index >= 15 is 0 Å². The number of ether oxygens (including phenoxy) is 3. The summed E-state index contributed by atoms with van der Waals surface area (Å²) in [4.78, 5) is 26.5. The van der Waals surface area contributed by atoms with Crippen molar-refractivity contribution in [1.82, 2.24) is 0 Å². The second-order valence-electron chi connectivity index (χ2n) is 14.9. The van der Waals surface area contributed by atoms with Gasteiger partial charge in [0.15, 0.2) is 0 Å². The molecule has 4 unspecified atom stereocenters. The van der Waals surface area contributed by atoms with E-state index in [9.17, 15) is 14.7 Å². The summed E-state index contributed by atoms with van der Waals surface area (Å²) in [7, 11) is 0. The van der Waals surface area contributed by atoms with Crippen molar-refractivity contribution in [2.24, 2.45) is 27.6 Å². The summed E-state index contributed by atoms with van der Waals surface area (Å²) in [6.45, 7) is 15.4. The van der Waals surface area contributed by atoms with Crippen LogP contribution >= 0.6 is 0 Å². The number of carbonyl (C=O) groups excluding carboxylic acids is 2. The maximum atomic E-state index is 13.6. The molecule has 5 fully saturated rings. The number of carbonyl (C=O) groups is 2. The minimum absolute atomic E-state index is 0.0231. The molecule has 0 radical (unpaired) electrons. The van der Waals surface area contributed by atoms with Crippen LogP contribution in [-0.4, -0.2) is 47.6 Å². The summed E-state index contributed by atoms with van der Waals surface area (Å²) in [6.07, 6.45) is 9.53. The lowest BCUT2D eigenvalue weighted by Crippen LogP contribution is -2.68. The van der Waals surface area contributed by atoms with Crippen LogP contribution in [0.25, 0.3) is 0 Å². The first kappa shape index (κ1) is 27.9. The molecule has 6 heteroatoms. The van der Waals surface area contributed by atoms with Gasteiger partial charge >= 0.3 is 11.9 Å². The van der Waals surface area contributed by atoms with E-state index in [1.165, 1.54) is 0 Å². The lowest BCUT2D eigenvalue weighted by atomic mass is 9.36. The molecule has 1 N–H and O–H groups in total. The molecule has 4 bridgehead atoms. The number of esters is 2. The second-order valence-corrected chi connectivity index (χ2v) is 14.9. The van der Waals surface area contributed by atoms with Crippen LogP contribution in [-0.2, 0) is 23.8 Å². The Labute approximate surface area is 218 Å². The van der Waals surface area contributed by atoms with Gasteiger partial charge in [-0.3, -0.25) is 9.59 Å². The summed E-state index contributed by atoms with van der Waals surface area (Å²) in [5.41, 5.74) is -2.23. The molecule has 1 heterocycles. The average Bonchev–Trinajstić information content (AvgIpc) is 2.72. The molecular formula is C30H50O6. The Morgan fingerprint density at radius 3 is 2.17 bits per heavy atom. The highest BCUT2D eigenvalue weighted by Crippen LogP contribution is 2.73. The van der Waals surface area contributed by atoms with Crippen LogP contribution in [0, 0.1) is 27.6 Å². The summed E-state index contributed by atoms with van der Waals surface area (Å²) in [5.74, 6) is -0.913. The molecule has 4 saturated carbocycles. The molecule has 4 aliphatic carbocycles. The standard InChI is InChI=1S/C30H50O6/c1-8-21(13-25(2,3)24(32)35-14-22-11-9-10-12-34-22)23(31)36-26(4,5)29-16-27(6)15-28(7,17-29)19-30(33,18-27)20-29/h21-22,33H,8-20H2,1-7H3. The smallest absolute Gasteiger partial charge is 0.311 e. The zero-order valence-electron chi connectivity index (χ0n) is 23.8. The first-order valence-corrected chi connectivity index (χ1v) is 14.3. The Morgan fingerprint density at radius 2 is 1.64 bits per heavy atom. The summed E-state index contributed by atoms with van der Waals surface area (Å²) in [6, 6.07) is 0. The Bertz CT molecular complexity index is 800. The highest BCUT2D eigenvalue weighted by Gasteiger charge is 2.69. The van der Waals surface area contributed by atoms with E-state index in [4.69, 9.17) is 14.2 Å². The van der Waals surface area contributed by atoms with E-state index in [1.807, 2.05) is 34.6 Å². The van der Waals surface area contributed by atoms with Gasteiger partial charge in [-0.15, -0.1) is 0 Å². The normalized spacial score (nSPS) is 39.1. The largest absolute Gasteiger partial charge is 0.463 e. The minimum atomic E-state index is -0.796. The Hall–Kier alpha value is -1.14. The van der Waals surface area contributed by atoms with Crippen molar-refractivity contribution >= 4 is 11.9 Å². The van der Waals surface area contributed by atoms with Gasteiger partial charge in [0.25, 0.3) is 0 Å². The van der Waals surface area contributed by atoms with Gasteiger partial charge in [-0.2, -0.15) is 0 Å². The van der Waals surface area contributed by atoms with E-state index < -0.39 is 16.6 Å². The van der Waals surface area contributed by atoms with Gasteiger partial charge in [0, 0.05) is 12.0 Å². The maximum absolute atomic E-state index is 13.6. The number of aliphatic hydroxyl groups is 1. The highest BCUT2D eigenvalue weighted by atomic mass is 16.6. The predicted octanol–water partition coefficient (Wildman–Crippen LogP) is 5.97. The second kappa shape index (κ2) is 9.25. The monoisotopic (exact) mass is 506 g/mol. The van der Waals surface area contributed by atoms with Crippen LogP contribution in [0.4, 0.5) is 0 Å². The fourth-order valence-corrected chi connectivity index (χ4v) is 9.11. The van der Waals surface area contributed by atoms with Crippen LogP contribution in [0.1, 0.15) is 119 Å². The van der Waals surface area contributed by atoms with Gasteiger partial charge in [-0.1, -0.05) is 20.8 Å². The van der Waals surface area contributed by atoms with Crippen LogP contribution in [0.2, 0.25) is 0 Å². The SMILES string of the molecule is CCC(CC(C)(C)C(=O)OCC1CCCCO1)C(=O)OC(C)(C)C12CC3(C)CC(C)(CC(O)(C3)C1)C2. The fraction of sp³-hybridized carbons (Fsp3) is 0.933. The van der Waals surface area contributed by atoms with Gasteiger partial charge in [0.2, 0.25) is 0 Å². The summed E-state index contributed by atoms with van der Waals surface area (Å²) < 4.78 is 17.7. The predicted molar refractivity (Wildman–Crippen MR) is 138 cm³/mol. The minimum Gasteiger partial charge on any atom is -0.463 e. The highest BCUT2D eigenvalue weighted by molar-refractivity contribution is 5.78. The van der Waals surface area contributed by atoms with Crippen LogP contribution in [0.3, 0.4) is 0 Å². The molecule has 5 aliphatic rings. The Kier molecular flexibility index (Phi) is 7.17. The van der Waals surface area contributed by atoms with Crippen molar-refractivity contribution in [3.8, 4) is 0 Å². The maximum Gasteiger partial charge on any atom is 0.311 e. The topological polar surface area (TPSA) is 82.1 Å².